The maximum atomic E-state index is 4.78. The third kappa shape index (κ3) is 2.34. The highest BCUT2D eigenvalue weighted by Gasteiger charge is 2.26. The molecule has 6 heteroatoms. The zero-order valence-corrected chi connectivity index (χ0v) is 12.1. The van der Waals surface area contributed by atoms with Gasteiger partial charge in [0, 0.05) is 32.0 Å². The molecule has 0 bridgehead atoms. The van der Waals surface area contributed by atoms with Crippen LogP contribution in [0.25, 0.3) is 0 Å². The zero-order chi connectivity index (χ0) is 14.1. The first-order valence-electron chi connectivity index (χ1n) is 7.77. The summed E-state index contributed by atoms with van der Waals surface area (Å²) in [4.78, 5) is 11.1. The Balaban J connectivity index is 1.66. The number of aromatic nitrogens is 4. The normalized spacial score (nSPS) is 21.7. The Hall–Kier alpha value is -2.11. The molecule has 1 fully saturated rings. The van der Waals surface area contributed by atoms with Gasteiger partial charge < -0.3 is 10.2 Å². The lowest BCUT2D eigenvalue weighted by atomic mass is 10.0. The Morgan fingerprint density at radius 2 is 1.90 bits per heavy atom. The minimum absolute atomic E-state index is 0.260. The summed E-state index contributed by atoms with van der Waals surface area (Å²) in [7, 11) is 0. The molecule has 2 aromatic rings. The van der Waals surface area contributed by atoms with Gasteiger partial charge in [0.2, 0.25) is 11.9 Å². The third-order valence-electron chi connectivity index (χ3n) is 4.35. The zero-order valence-electron chi connectivity index (χ0n) is 12.1. The van der Waals surface area contributed by atoms with E-state index in [4.69, 9.17) is 10.1 Å². The highest BCUT2D eigenvalue weighted by atomic mass is 15.5. The largest absolute Gasteiger partial charge is 0.354 e. The van der Waals surface area contributed by atoms with Crippen molar-refractivity contribution in [2.45, 2.75) is 31.7 Å². The first-order valence-corrected chi connectivity index (χ1v) is 7.77. The van der Waals surface area contributed by atoms with Crippen molar-refractivity contribution in [1.82, 2.24) is 19.7 Å². The highest BCUT2D eigenvalue weighted by molar-refractivity contribution is 5.41. The topological polar surface area (TPSA) is 58.9 Å². The van der Waals surface area contributed by atoms with E-state index >= 15 is 0 Å². The van der Waals surface area contributed by atoms with Gasteiger partial charge in [-0.2, -0.15) is 4.98 Å². The van der Waals surface area contributed by atoms with Crippen LogP contribution in [-0.4, -0.2) is 39.4 Å². The number of rotatable bonds is 2. The molecule has 0 spiro atoms. The van der Waals surface area contributed by atoms with Crippen molar-refractivity contribution in [2.75, 3.05) is 29.9 Å². The molecule has 2 aliphatic rings. The van der Waals surface area contributed by atoms with Crippen LogP contribution in [0.2, 0.25) is 0 Å². The summed E-state index contributed by atoms with van der Waals surface area (Å²) in [6, 6.07) is 4.40. The van der Waals surface area contributed by atoms with Gasteiger partial charge in [-0.05, 0) is 43.4 Å². The van der Waals surface area contributed by atoms with Crippen molar-refractivity contribution in [3.63, 3.8) is 0 Å². The summed E-state index contributed by atoms with van der Waals surface area (Å²) in [5, 5.41) is 8.15. The van der Waals surface area contributed by atoms with E-state index < -0.39 is 0 Å². The number of anilines is 2. The van der Waals surface area contributed by atoms with E-state index in [9.17, 15) is 0 Å². The second-order valence-electron chi connectivity index (χ2n) is 5.74. The van der Waals surface area contributed by atoms with Crippen LogP contribution in [0.5, 0.6) is 0 Å². The smallest absolute Gasteiger partial charge is 0.246 e. The van der Waals surface area contributed by atoms with E-state index in [1.807, 2.05) is 17.1 Å². The van der Waals surface area contributed by atoms with Crippen LogP contribution >= 0.6 is 0 Å². The van der Waals surface area contributed by atoms with Crippen LogP contribution in [0, 0.1) is 0 Å². The Labute approximate surface area is 124 Å². The Morgan fingerprint density at radius 1 is 1.10 bits per heavy atom. The predicted molar refractivity (Wildman–Crippen MR) is 81.6 cm³/mol. The van der Waals surface area contributed by atoms with Crippen molar-refractivity contribution in [3.05, 3.63) is 30.1 Å². The van der Waals surface area contributed by atoms with Gasteiger partial charge in [0.25, 0.3) is 0 Å². The van der Waals surface area contributed by atoms with Crippen LogP contribution in [0.4, 0.5) is 11.9 Å². The predicted octanol–water partition coefficient (Wildman–Crippen LogP) is 2.07. The SMILES string of the molecule is c1cc(C2CCNc3nc(N4CCCCC4)nn32)ccn1. The van der Waals surface area contributed by atoms with Gasteiger partial charge in [-0.25, -0.2) is 4.68 Å². The number of hydrogen-bond donors (Lipinski definition) is 1. The van der Waals surface area contributed by atoms with E-state index in [0.717, 1.165) is 38.0 Å². The van der Waals surface area contributed by atoms with Crippen molar-refractivity contribution in [1.29, 1.82) is 0 Å². The fourth-order valence-electron chi connectivity index (χ4n) is 3.21. The molecular formula is C15H20N6. The summed E-state index contributed by atoms with van der Waals surface area (Å²) in [6.45, 7) is 3.08. The molecule has 0 amide bonds. The first kappa shape index (κ1) is 12.6. The maximum absolute atomic E-state index is 4.78. The van der Waals surface area contributed by atoms with Gasteiger partial charge in [0.05, 0.1) is 6.04 Å². The molecule has 2 aromatic heterocycles. The molecule has 1 unspecified atom stereocenters. The van der Waals surface area contributed by atoms with E-state index in [1.54, 1.807) is 0 Å². The molecule has 1 N–H and O–H groups in total. The lowest BCUT2D eigenvalue weighted by molar-refractivity contribution is 0.477. The Bertz CT molecular complexity index is 602. The average Bonchev–Trinajstić information content (AvgIpc) is 3.00. The maximum Gasteiger partial charge on any atom is 0.246 e. The number of nitrogens with zero attached hydrogens (tertiary/aromatic N) is 5. The molecule has 21 heavy (non-hydrogen) atoms. The summed E-state index contributed by atoms with van der Waals surface area (Å²) >= 11 is 0. The van der Waals surface area contributed by atoms with Crippen LogP contribution in [0.15, 0.2) is 24.5 Å². The molecule has 1 saturated heterocycles. The van der Waals surface area contributed by atoms with Crippen molar-refractivity contribution in [3.8, 4) is 0 Å². The van der Waals surface area contributed by atoms with E-state index in [2.05, 4.69) is 27.3 Å². The van der Waals surface area contributed by atoms with Gasteiger partial charge in [0.15, 0.2) is 0 Å². The fourth-order valence-corrected chi connectivity index (χ4v) is 3.21. The molecule has 0 saturated carbocycles. The van der Waals surface area contributed by atoms with Crippen molar-refractivity contribution in [2.24, 2.45) is 0 Å². The monoisotopic (exact) mass is 284 g/mol. The van der Waals surface area contributed by atoms with Crippen LogP contribution in [-0.2, 0) is 0 Å². The lowest BCUT2D eigenvalue weighted by Gasteiger charge is -2.25. The summed E-state index contributed by atoms with van der Waals surface area (Å²) in [6.07, 6.45) is 8.52. The molecule has 0 aromatic carbocycles. The molecule has 2 aliphatic heterocycles. The highest BCUT2D eigenvalue weighted by Crippen LogP contribution is 2.30. The molecular weight excluding hydrogens is 264 g/mol. The van der Waals surface area contributed by atoms with Gasteiger partial charge in [-0.3, -0.25) is 4.98 Å². The molecule has 6 nitrogen and oxygen atoms in total. The van der Waals surface area contributed by atoms with Gasteiger partial charge in [-0.15, -0.1) is 5.10 Å². The number of nitrogens with one attached hydrogen (secondary N) is 1. The number of hydrogen-bond acceptors (Lipinski definition) is 5. The minimum Gasteiger partial charge on any atom is -0.354 e. The first-order chi connectivity index (χ1) is 10.4. The molecule has 0 aliphatic carbocycles. The van der Waals surface area contributed by atoms with Crippen LogP contribution in [0.3, 0.4) is 0 Å². The van der Waals surface area contributed by atoms with E-state index in [0.29, 0.717) is 0 Å². The van der Waals surface area contributed by atoms with Crippen LogP contribution < -0.4 is 10.2 Å². The summed E-state index contributed by atoms with van der Waals surface area (Å²) in [5.41, 5.74) is 1.25. The Kier molecular flexibility index (Phi) is 3.21. The molecule has 0 radical (unpaired) electrons. The van der Waals surface area contributed by atoms with Crippen molar-refractivity contribution < 1.29 is 0 Å². The van der Waals surface area contributed by atoms with Gasteiger partial charge in [-0.1, -0.05) is 0 Å². The number of piperidine rings is 1. The fraction of sp³-hybridized carbons (Fsp3) is 0.533. The van der Waals surface area contributed by atoms with Gasteiger partial charge in [0.1, 0.15) is 0 Å². The quantitative estimate of drug-likeness (QED) is 0.915. The number of fused-ring (bicyclic) bond motifs is 1. The third-order valence-corrected chi connectivity index (χ3v) is 4.35. The minimum atomic E-state index is 0.260. The van der Waals surface area contributed by atoms with Crippen LogP contribution in [0.1, 0.15) is 37.3 Å². The van der Waals surface area contributed by atoms with Gasteiger partial charge >= 0.3 is 0 Å². The Morgan fingerprint density at radius 3 is 2.71 bits per heavy atom. The average molecular weight is 284 g/mol. The van der Waals surface area contributed by atoms with Crippen molar-refractivity contribution >= 4 is 11.9 Å². The lowest BCUT2D eigenvalue weighted by Crippen LogP contribution is -2.30. The molecule has 4 heterocycles. The molecule has 4 rings (SSSR count). The molecule has 1 atom stereocenters. The summed E-state index contributed by atoms with van der Waals surface area (Å²) in [5.74, 6) is 1.77. The standard InChI is InChI=1S/C15H20N6/c1-2-10-20(11-3-1)15-18-14-17-9-6-13(21(14)19-15)12-4-7-16-8-5-12/h4-5,7-8,13H,1-3,6,9-11H2,(H,17,18,19). The number of pyridine rings is 1. The van der Waals surface area contributed by atoms with E-state index in [1.165, 1.54) is 24.8 Å². The second-order valence-corrected chi connectivity index (χ2v) is 5.74. The second kappa shape index (κ2) is 5.35. The summed E-state index contributed by atoms with van der Waals surface area (Å²) < 4.78 is 2.04. The van der Waals surface area contributed by atoms with E-state index in [-0.39, 0.29) is 6.04 Å². The molecule has 110 valence electrons.